The molecular formula is C10H9NO2S. The average Bonchev–Trinajstić information content (AvgIpc) is 2.54. The summed E-state index contributed by atoms with van der Waals surface area (Å²) in [6, 6.07) is 7.78. The summed E-state index contributed by atoms with van der Waals surface area (Å²) in [5.74, 6) is 1.42. The van der Waals surface area contributed by atoms with Gasteiger partial charge in [0.05, 0.1) is 6.07 Å². The second-order valence-corrected chi connectivity index (χ2v) is 3.40. The molecule has 0 bridgehead atoms. The molecule has 0 spiro atoms. The van der Waals surface area contributed by atoms with Crippen molar-refractivity contribution in [3.63, 3.8) is 0 Å². The maximum Gasteiger partial charge on any atom is 0.288 e. The zero-order valence-corrected chi connectivity index (χ0v) is 8.33. The van der Waals surface area contributed by atoms with Crippen LogP contribution in [0.5, 0.6) is 11.5 Å². The molecule has 0 saturated heterocycles. The topological polar surface area (TPSA) is 42.2 Å². The monoisotopic (exact) mass is 207 g/mol. The Morgan fingerprint density at radius 1 is 1.36 bits per heavy atom. The van der Waals surface area contributed by atoms with Crippen molar-refractivity contribution >= 4 is 12.6 Å². The van der Waals surface area contributed by atoms with Gasteiger partial charge in [-0.3, -0.25) is 0 Å². The van der Waals surface area contributed by atoms with Crippen LogP contribution in [0.2, 0.25) is 0 Å². The van der Waals surface area contributed by atoms with E-state index in [2.05, 4.69) is 18.7 Å². The SMILES string of the molecule is N#CCCc1ccc2c(c1)OC(S)O2. The lowest BCUT2D eigenvalue weighted by molar-refractivity contribution is 0.138. The van der Waals surface area contributed by atoms with Gasteiger partial charge in [0.2, 0.25) is 0 Å². The van der Waals surface area contributed by atoms with Gasteiger partial charge in [-0.15, -0.1) is 0 Å². The predicted molar refractivity (Wildman–Crippen MR) is 54.4 cm³/mol. The van der Waals surface area contributed by atoms with E-state index >= 15 is 0 Å². The van der Waals surface area contributed by atoms with Gasteiger partial charge in [-0.2, -0.15) is 5.26 Å². The van der Waals surface area contributed by atoms with Crippen LogP contribution in [0.15, 0.2) is 18.2 Å². The van der Waals surface area contributed by atoms with E-state index in [9.17, 15) is 0 Å². The van der Waals surface area contributed by atoms with E-state index in [1.54, 1.807) is 0 Å². The highest BCUT2D eigenvalue weighted by atomic mass is 32.1. The molecule has 1 unspecified atom stereocenters. The predicted octanol–water partition coefficient (Wildman–Crippen LogP) is 2.13. The molecule has 0 radical (unpaired) electrons. The van der Waals surface area contributed by atoms with Gasteiger partial charge >= 0.3 is 0 Å². The summed E-state index contributed by atoms with van der Waals surface area (Å²) >= 11 is 4.05. The number of hydrogen-bond donors (Lipinski definition) is 1. The molecule has 72 valence electrons. The molecule has 14 heavy (non-hydrogen) atoms. The number of benzene rings is 1. The Hall–Kier alpha value is -1.34. The smallest absolute Gasteiger partial charge is 0.288 e. The Balaban J connectivity index is 2.17. The second-order valence-electron chi connectivity index (χ2n) is 2.98. The van der Waals surface area contributed by atoms with E-state index < -0.39 is 5.62 Å². The van der Waals surface area contributed by atoms with Gasteiger partial charge in [0, 0.05) is 6.42 Å². The summed E-state index contributed by atoms with van der Waals surface area (Å²) in [5.41, 5.74) is 0.576. The van der Waals surface area contributed by atoms with Crippen molar-refractivity contribution in [3.05, 3.63) is 23.8 Å². The highest BCUT2D eigenvalue weighted by molar-refractivity contribution is 7.80. The lowest BCUT2D eigenvalue weighted by Crippen LogP contribution is -2.07. The van der Waals surface area contributed by atoms with E-state index in [0.717, 1.165) is 12.0 Å². The third-order valence-corrected chi connectivity index (χ3v) is 2.20. The molecule has 1 aromatic carbocycles. The molecular weight excluding hydrogens is 198 g/mol. The number of fused-ring (bicyclic) bond motifs is 1. The summed E-state index contributed by atoms with van der Waals surface area (Å²) < 4.78 is 10.5. The Bertz CT molecular complexity index is 386. The van der Waals surface area contributed by atoms with Crippen LogP contribution in [0.25, 0.3) is 0 Å². The fraction of sp³-hybridized carbons (Fsp3) is 0.300. The highest BCUT2D eigenvalue weighted by Gasteiger charge is 2.20. The third kappa shape index (κ3) is 1.78. The molecule has 1 aliphatic rings. The van der Waals surface area contributed by atoms with E-state index in [0.29, 0.717) is 17.9 Å². The standard InChI is InChI=1S/C10H9NO2S/c11-5-1-2-7-3-4-8-9(6-7)13-10(14)12-8/h3-4,6,10,14H,1-2H2. The van der Waals surface area contributed by atoms with Crippen molar-refractivity contribution in [1.82, 2.24) is 0 Å². The number of ether oxygens (including phenoxy) is 2. The molecule has 3 nitrogen and oxygen atoms in total. The largest absolute Gasteiger partial charge is 0.442 e. The van der Waals surface area contributed by atoms with Gasteiger partial charge in [-0.05, 0) is 24.1 Å². The summed E-state index contributed by atoms with van der Waals surface area (Å²) in [7, 11) is 0. The number of hydrogen-bond acceptors (Lipinski definition) is 4. The number of nitriles is 1. The summed E-state index contributed by atoms with van der Waals surface area (Å²) in [4.78, 5) is 0. The zero-order valence-electron chi connectivity index (χ0n) is 7.43. The zero-order chi connectivity index (χ0) is 9.97. The number of nitrogens with zero attached hydrogens (tertiary/aromatic N) is 1. The minimum atomic E-state index is -0.504. The molecule has 0 fully saturated rings. The van der Waals surface area contributed by atoms with Gasteiger partial charge in [0.1, 0.15) is 0 Å². The van der Waals surface area contributed by atoms with Crippen molar-refractivity contribution in [2.75, 3.05) is 0 Å². The first-order valence-corrected chi connectivity index (χ1v) is 4.82. The molecule has 1 heterocycles. The number of aryl methyl sites for hydroxylation is 1. The molecule has 1 atom stereocenters. The van der Waals surface area contributed by atoms with Crippen LogP contribution in [0.3, 0.4) is 0 Å². The summed E-state index contributed by atoms with van der Waals surface area (Å²) in [6.45, 7) is 0. The molecule has 0 N–H and O–H groups in total. The lowest BCUT2D eigenvalue weighted by atomic mass is 10.1. The van der Waals surface area contributed by atoms with E-state index in [4.69, 9.17) is 14.7 Å². The summed E-state index contributed by atoms with van der Waals surface area (Å²) in [6.07, 6.45) is 1.26. The first kappa shape index (κ1) is 9.22. The van der Waals surface area contributed by atoms with Crippen LogP contribution in [-0.2, 0) is 6.42 Å². The van der Waals surface area contributed by atoms with Crippen LogP contribution in [0.1, 0.15) is 12.0 Å². The fourth-order valence-electron chi connectivity index (χ4n) is 1.34. The minimum Gasteiger partial charge on any atom is -0.442 e. The third-order valence-electron chi connectivity index (χ3n) is 1.99. The Labute approximate surface area is 87.7 Å². The van der Waals surface area contributed by atoms with Crippen LogP contribution >= 0.6 is 12.6 Å². The Kier molecular flexibility index (Phi) is 2.51. The van der Waals surface area contributed by atoms with Crippen LogP contribution in [0.4, 0.5) is 0 Å². The first-order valence-electron chi connectivity index (χ1n) is 4.31. The van der Waals surface area contributed by atoms with Crippen molar-refractivity contribution in [2.24, 2.45) is 0 Å². The van der Waals surface area contributed by atoms with Crippen LogP contribution in [0, 0.1) is 11.3 Å². The minimum absolute atomic E-state index is 0.504. The van der Waals surface area contributed by atoms with E-state index in [1.165, 1.54) is 0 Å². The lowest BCUT2D eigenvalue weighted by Gasteiger charge is -1.99. The number of rotatable bonds is 2. The van der Waals surface area contributed by atoms with Crippen molar-refractivity contribution in [2.45, 2.75) is 18.5 Å². The maximum absolute atomic E-state index is 8.44. The highest BCUT2D eigenvalue weighted by Crippen LogP contribution is 2.36. The fourth-order valence-corrected chi connectivity index (χ4v) is 1.57. The maximum atomic E-state index is 8.44. The molecule has 0 saturated carbocycles. The van der Waals surface area contributed by atoms with Gasteiger partial charge in [0.15, 0.2) is 11.5 Å². The van der Waals surface area contributed by atoms with Crippen LogP contribution in [-0.4, -0.2) is 5.62 Å². The van der Waals surface area contributed by atoms with Crippen molar-refractivity contribution < 1.29 is 9.47 Å². The average molecular weight is 207 g/mol. The van der Waals surface area contributed by atoms with Gasteiger partial charge in [0.25, 0.3) is 5.62 Å². The molecule has 0 amide bonds. The molecule has 2 rings (SSSR count). The Morgan fingerprint density at radius 3 is 2.93 bits per heavy atom. The van der Waals surface area contributed by atoms with Gasteiger partial charge in [-0.1, -0.05) is 18.7 Å². The molecule has 1 aliphatic heterocycles. The number of thiol groups is 1. The van der Waals surface area contributed by atoms with Gasteiger partial charge in [-0.25, -0.2) is 0 Å². The molecule has 4 heteroatoms. The van der Waals surface area contributed by atoms with Crippen molar-refractivity contribution in [1.29, 1.82) is 5.26 Å². The quantitative estimate of drug-likeness (QED) is 0.755. The second kappa shape index (κ2) is 3.81. The molecule has 0 aromatic heterocycles. The first-order chi connectivity index (χ1) is 6.79. The molecule has 1 aromatic rings. The van der Waals surface area contributed by atoms with Crippen molar-refractivity contribution in [3.8, 4) is 17.6 Å². The Morgan fingerprint density at radius 2 is 2.14 bits per heavy atom. The summed E-state index contributed by atoms with van der Waals surface area (Å²) in [5, 5.41) is 8.44. The van der Waals surface area contributed by atoms with E-state index in [-0.39, 0.29) is 0 Å². The van der Waals surface area contributed by atoms with E-state index in [1.807, 2.05) is 18.2 Å². The normalized spacial score (nSPS) is 17.9. The van der Waals surface area contributed by atoms with Crippen LogP contribution < -0.4 is 9.47 Å². The molecule has 0 aliphatic carbocycles. The van der Waals surface area contributed by atoms with Gasteiger partial charge < -0.3 is 9.47 Å².